The minimum Gasteiger partial charge on any atom is -0.486 e. The van der Waals surface area contributed by atoms with Crippen LogP contribution in [0.1, 0.15) is 67.1 Å². The fraction of sp³-hybridized carbons (Fsp3) is 0.385. The number of carboxylic acid groups (broad SMARTS) is 1. The molecule has 5 heteroatoms. The third-order valence-corrected chi connectivity index (χ3v) is 5.46. The maximum Gasteiger partial charge on any atom is 0.335 e. The number of rotatable bonds is 13. The average molecular weight is 422 g/mol. The number of H-pyrrole nitrogens is 1. The van der Waals surface area contributed by atoms with Gasteiger partial charge in [0.2, 0.25) is 0 Å². The highest BCUT2D eigenvalue weighted by Gasteiger charge is 2.10. The van der Waals surface area contributed by atoms with E-state index in [1.165, 1.54) is 44.1 Å². The van der Waals surface area contributed by atoms with Crippen molar-refractivity contribution in [3.05, 3.63) is 65.4 Å². The lowest BCUT2D eigenvalue weighted by atomic mass is 10.0. The molecule has 3 rings (SSSR count). The van der Waals surface area contributed by atoms with Crippen LogP contribution in [0.5, 0.6) is 5.75 Å². The number of hydrogen-bond acceptors (Lipinski definition) is 3. The first-order valence-electron chi connectivity index (χ1n) is 11.1. The topological polar surface area (TPSA) is 79.4 Å². The lowest BCUT2D eigenvalue weighted by Crippen LogP contribution is -2.14. The van der Waals surface area contributed by atoms with Crippen molar-refractivity contribution < 1.29 is 19.4 Å². The van der Waals surface area contributed by atoms with Crippen LogP contribution >= 0.6 is 0 Å². The number of carboxylic acids is 1. The van der Waals surface area contributed by atoms with Crippen molar-refractivity contribution in [3.8, 4) is 5.75 Å². The van der Waals surface area contributed by atoms with Gasteiger partial charge in [0.15, 0.2) is 5.78 Å². The van der Waals surface area contributed by atoms with Gasteiger partial charge in [0.05, 0.1) is 12.0 Å². The summed E-state index contributed by atoms with van der Waals surface area (Å²) in [5.74, 6) is -0.315. The molecule has 0 saturated carbocycles. The van der Waals surface area contributed by atoms with Crippen LogP contribution < -0.4 is 4.74 Å². The highest BCUT2D eigenvalue weighted by Crippen LogP contribution is 2.19. The van der Waals surface area contributed by atoms with Gasteiger partial charge in [-0.05, 0) is 54.1 Å². The number of carbonyl (C=O) groups is 2. The fourth-order valence-electron chi connectivity index (χ4n) is 3.70. The van der Waals surface area contributed by atoms with E-state index < -0.39 is 5.97 Å². The SMILES string of the molecule is CCCCCCCCc1ccc(OCC(=O)Cc2cc3ccc(C(=O)O)cc3[nH]2)cc1. The number of unbranched alkanes of at least 4 members (excludes halogenated alkanes) is 5. The smallest absolute Gasteiger partial charge is 0.335 e. The van der Waals surface area contributed by atoms with Crippen molar-refractivity contribution in [2.75, 3.05) is 6.61 Å². The molecule has 2 aromatic carbocycles. The Labute approximate surface area is 183 Å². The molecule has 0 atom stereocenters. The van der Waals surface area contributed by atoms with Gasteiger partial charge in [-0.15, -0.1) is 0 Å². The van der Waals surface area contributed by atoms with Crippen molar-refractivity contribution in [1.29, 1.82) is 0 Å². The van der Waals surface area contributed by atoms with Crippen molar-refractivity contribution in [2.45, 2.75) is 58.3 Å². The second-order valence-corrected chi connectivity index (χ2v) is 8.07. The molecule has 3 aromatic rings. The van der Waals surface area contributed by atoms with Crippen LogP contribution in [0.4, 0.5) is 0 Å². The largest absolute Gasteiger partial charge is 0.486 e. The Morgan fingerprint density at radius 3 is 2.42 bits per heavy atom. The first kappa shape index (κ1) is 22.6. The molecule has 0 fully saturated rings. The number of hydrogen-bond donors (Lipinski definition) is 2. The second kappa shape index (κ2) is 11.3. The van der Waals surface area contributed by atoms with Crippen LogP contribution in [0, 0.1) is 0 Å². The zero-order chi connectivity index (χ0) is 22.1. The number of fused-ring (bicyclic) bond motifs is 1. The highest BCUT2D eigenvalue weighted by atomic mass is 16.5. The Morgan fingerprint density at radius 1 is 0.935 bits per heavy atom. The van der Waals surface area contributed by atoms with Crippen LogP contribution in [-0.2, 0) is 17.6 Å². The van der Waals surface area contributed by atoms with E-state index in [-0.39, 0.29) is 24.4 Å². The van der Waals surface area contributed by atoms with Crippen molar-refractivity contribution in [1.82, 2.24) is 4.98 Å². The van der Waals surface area contributed by atoms with Gasteiger partial charge in [0.25, 0.3) is 0 Å². The summed E-state index contributed by atoms with van der Waals surface area (Å²) in [5, 5.41) is 9.97. The summed E-state index contributed by atoms with van der Waals surface area (Å²) >= 11 is 0. The fourth-order valence-corrected chi connectivity index (χ4v) is 3.70. The Morgan fingerprint density at radius 2 is 1.68 bits per heavy atom. The summed E-state index contributed by atoms with van der Waals surface area (Å²) in [6.45, 7) is 2.24. The number of aromatic nitrogens is 1. The summed E-state index contributed by atoms with van der Waals surface area (Å²) in [5.41, 5.74) is 2.98. The molecule has 2 N–H and O–H groups in total. The average Bonchev–Trinajstić information content (AvgIpc) is 3.16. The quantitative estimate of drug-likeness (QED) is 0.334. The van der Waals surface area contributed by atoms with E-state index in [9.17, 15) is 9.59 Å². The normalized spacial score (nSPS) is 11.0. The molecule has 1 aromatic heterocycles. The van der Waals surface area contributed by atoms with Gasteiger partial charge < -0.3 is 14.8 Å². The molecule has 0 amide bonds. The van der Waals surface area contributed by atoms with Crippen LogP contribution in [0.25, 0.3) is 10.9 Å². The number of ketones is 1. The van der Waals surface area contributed by atoms with Crippen LogP contribution in [0.2, 0.25) is 0 Å². The van der Waals surface area contributed by atoms with Crippen LogP contribution in [-0.4, -0.2) is 28.4 Å². The third-order valence-electron chi connectivity index (χ3n) is 5.46. The summed E-state index contributed by atoms with van der Waals surface area (Å²) in [4.78, 5) is 26.5. The number of carbonyl (C=O) groups excluding carboxylic acids is 1. The molecule has 0 bridgehead atoms. The van der Waals surface area contributed by atoms with E-state index in [4.69, 9.17) is 9.84 Å². The molecular formula is C26H31NO4. The molecule has 0 aliphatic heterocycles. The number of benzene rings is 2. The summed E-state index contributed by atoms with van der Waals surface area (Å²) in [6, 6.07) is 14.7. The first-order chi connectivity index (χ1) is 15.0. The number of Topliss-reactive ketones (excluding diaryl/α,β-unsaturated/α-hetero) is 1. The number of nitrogens with one attached hydrogen (secondary N) is 1. The number of aryl methyl sites for hydroxylation is 1. The number of aromatic carboxylic acids is 1. The van der Waals surface area contributed by atoms with Crippen molar-refractivity contribution >= 4 is 22.7 Å². The number of aromatic amines is 1. The number of ether oxygens (including phenoxy) is 1. The van der Waals surface area contributed by atoms with E-state index in [1.807, 2.05) is 18.2 Å². The van der Waals surface area contributed by atoms with E-state index in [0.29, 0.717) is 11.3 Å². The highest BCUT2D eigenvalue weighted by molar-refractivity contribution is 5.94. The minimum absolute atomic E-state index is 0.00646. The molecule has 0 aliphatic carbocycles. The molecule has 5 nitrogen and oxygen atoms in total. The van der Waals surface area contributed by atoms with Crippen LogP contribution in [0.3, 0.4) is 0 Å². The van der Waals surface area contributed by atoms with E-state index in [2.05, 4.69) is 24.0 Å². The van der Waals surface area contributed by atoms with Gasteiger partial charge in [-0.25, -0.2) is 4.79 Å². The molecule has 0 unspecified atom stereocenters. The first-order valence-corrected chi connectivity index (χ1v) is 11.1. The van der Waals surface area contributed by atoms with Gasteiger partial charge in [-0.3, -0.25) is 4.79 Å². The lowest BCUT2D eigenvalue weighted by Gasteiger charge is -2.07. The predicted octanol–water partition coefficient (Wildman–Crippen LogP) is 5.96. The molecule has 31 heavy (non-hydrogen) atoms. The molecule has 0 aliphatic rings. The molecule has 1 heterocycles. The molecule has 0 saturated heterocycles. The Kier molecular flexibility index (Phi) is 8.27. The monoisotopic (exact) mass is 421 g/mol. The van der Waals surface area contributed by atoms with Gasteiger partial charge in [0.1, 0.15) is 12.4 Å². The van der Waals surface area contributed by atoms with Crippen molar-refractivity contribution in [3.63, 3.8) is 0 Å². The lowest BCUT2D eigenvalue weighted by molar-refractivity contribution is -0.120. The molecule has 164 valence electrons. The molecule has 0 spiro atoms. The maximum absolute atomic E-state index is 12.3. The summed E-state index contributed by atoms with van der Waals surface area (Å²) in [6.07, 6.45) is 9.03. The Balaban J connectivity index is 1.43. The van der Waals surface area contributed by atoms with E-state index >= 15 is 0 Å². The zero-order valence-electron chi connectivity index (χ0n) is 18.2. The van der Waals surface area contributed by atoms with Gasteiger partial charge in [-0.1, -0.05) is 57.2 Å². The Hall–Kier alpha value is -3.08. The molecular weight excluding hydrogens is 390 g/mol. The van der Waals surface area contributed by atoms with Gasteiger partial charge >= 0.3 is 5.97 Å². The summed E-state index contributed by atoms with van der Waals surface area (Å²) in [7, 11) is 0. The maximum atomic E-state index is 12.3. The van der Waals surface area contributed by atoms with E-state index in [0.717, 1.165) is 17.5 Å². The molecule has 0 radical (unpaired) electrons. The van der Waals surface area contributed by atoms with Crippen LogP contribution in [0.15, 0.2) is 48.5 Å². The zero-order valence-corrected chi connectivity index (χ0v) is 18.2. The van der Waals surface area contributed by atoms with Crippen molar-refractivity contribution in [2.24, 2.45) is 0 Å². The minimum atomic E-state index is -0.972. The second-order valence-electron chi connectivity index (χ2n) is 8.07. The summed E-state index contributed by atoms with van der Waals surface area (Å²) < 4.78 is 5.65. The van der Waals surface area contributed by atoms with Gasteiger partial charge in [0, 0.05) is 11.2 Å². The van der Waals surface area contributed by atoms with Gasteiger partial charge in [-0.2, -0.15) is 0 Å². The van der Waals surface area contributed by atoms with E-state index in [1.54, 1.807) is 18.2 Å². The predicted molar refractivity (Wildman–Crippen MR) is 123 cm³/mol. The third kappa shape index (κ3) is 6.99. The standard InChI is InChI=1S/C26H31NO4/c1-2-3-4-5-6-7-8-19-9-13-24(14-10-19)31-18-23(28)17-22-15-20-11-12-21(26(29)30)16-25(20)27-22/h9-16,27H,2-8,17-18H2,1H3,(H,29,30). The Bertz CT molecular complexity index is 1000.